The third-order valence-electron chi connectivity index (χ3n) is 1.41. The van der Waals surface area contributed by atoms with Crippen LogP contribution in [0.4, 0.5) is 0 Å². The fourth-order valence-corrected chi connectivity index (χ4v) is 0.654. The van der Waals surface area contributed by atoms with E-state index < -0.39 is 12.3 Å². The van der Waals surface area contributed by atoms with E-state index in [-0.39, 0.29) is 18.9 Å². The fraction of sp³-hybridized carbons (Fsp3) is 0.857. The van der Waals surface area contributed by atoms with Crippen LogP contribution in [0.1, 0.15) is 12.8 Å². The molecule has 0 aliphatic rings. The third-order valence-corrected chi connectivity index (χ3v) is 1.41. The summed E-state index contributed by atoms with van der Waals surface area (Å²) in [5, 5.41) is 17.1. The maximum atomic E-state index is 10.3. The molecule has 0 rings (SSSR count). The number of carbonyl (C=O) groups excluding carboxylic acids is 1. The summed E-state index contributed by atoms with van der Waals surface area (Å²) in [6, 6.07) is -0.812. The van der Waals surface area contributed by atoms with Crippen molar-refractivity contribution in [3.05, 3.63) is 0 Å². The molecule has 6 nitrogen and oxygen atoms in total. The van der Waals surface area contributed by atoms with Crippen molar-refractivity contribution >= 4 is 5.91 Å². The van der Waals surface area contributed by atoms with Crippen LogP contribution in [0.15, 0.2) is 0 Å². The molecule has 1 amide bonds. The zero-order valence-electron chi connectivity index (χ0n) is 7.35. The van der Waals surface area contributed by atoms with Gasteiger partial charge < -0.3 is 26.4 Å². The van der Waals surface area contributed by atoms with Gasteiger partial charge in [0.2, 0.25) is 5.91 Å². The summed E-state index contributed by atoms with van der Waals surface area (Å²) in [6.07, 6.45) is -0.795. The summed E-state index contributed by atoms with van der Waals surface area (Å²) < 4.78 is 4.95. The Morgan fingerprint density at radius 3 is 2.54 bits per heavy atom. The molecular weight excluding hydrogens is 176 g/mol. The van der Waals surface area contributed by atoms with Gasteiger partial charge in [0, 0.05) is 13.0 Å². The van der Waals surface area contributed by atoms with Gasteiger partial charge in [0.05, 0.1) is 12.6 Å². The average molecular weight is 192 g/mol. The van der Waals surface area contributed by atoms with Crippen molar-refractivity contribution in [2.45, 2.75) is 25.2 Å². The van der Waals surface area contributed by atoms with Crippen LogP contribution in [0.5, 0.6) is 0 Å². The second-order valence-corrected chi connectivity index (χ2v) is 2.72. The Bertz CT molecular complexity index is 151. The molecule has 0 heterocycles. The van der Waals surface area contributed by atoms with Crippen molar-refractivity contribution in [2.75, 3.05) is 13.2 Å². The van der Waals surface area contributed by atoms with Gasteiger partial charge in [0.25, 0.3) is 0 Å². The minimum atomic E-state index is -1.57. The lowest BCUT2D eigenvalue weighted by Crippen LogP contribution is -2.38. The molecule has 0 saturated heterocycles. The highest BCUT2D eigenvalue weighted by Gasteiger charge is 2.10. The monoisotopic (exact) mass is 192 g/mol. The van der Waals surface area contributed by atoms with Crippen LogP contribution in [-0.4, -0.2) is 41.7 Å². The lowest BCUT2D eigenvalue weighted by Gasteiger charge is -2.13. The van der Waals surface area contributed by atoms with Gasteiger partial charge in [-0.25, -0.2) is 0 Å². The standard InChI is InChI=1S/C7H16N2O4/c8-5(7(11)12)4-13-3-1-2-6(9)10/h5,7,11-12H,1-4,8H2,(H2,9,10)/t5-/m0/s1. The van der Waals surface area contributed by atoms with Gasteiger partial charge >= 0.3 is 0 Å². The molecule has 0 aliphatic carbocycles. The van der Waals surface area contributed by atoms with Gasteiger partial charge in [0.1, 0.15) is 0 Å². The molecule has 0 unspecified atom stereocenters. The Hall–Kier alpha value is -0.690. The molecule has 13 heavy (non-hydrogen) atoms. The van der Waals surface area contributed by atoms with Crippen molar-refractivity contribution in [3.8, 4) is 0 Å². The van der Waals surface area contributed by atoms with Crippen molar-refractivity contribution < 1.29 is 19.7 Å². The van der Waals surface area contributed by atoms with Crippen molar-refractivity contribution in [3.63, 3.8) is 0 Å². The molecule has 0 bridgehead atoms. The van der Waals surface area contributed by atoms with E-state index in [0.29, 0.717) is 13.0 Å². The summed E-state index contributed by atoms with van der Waals surface area (Å²) in [6.45, 7) is 0.389. The van der Waals surface area contributed by atoms with Crippen molar-refractivity contribution in [1.29, 1.82) is 0 Å². The zero-order chi connectivity index (χ0) is 10.3. The number of ether oxygens (including phenoxy) is 1. The van der Waals surface area contributed by atoms with E-state index in [9.17, 15) is 4.79 Å². The number of primary amides is 1. The van der Waals surface area contributed by atoms with Gasteiger partial charge in [-0.15, -0.1) is 0 Å². The predicted molar refractivity (Wildman–Crippen MR) is 45.4 cm³/mol. The molecule has 6 N–H and O–H groups in total. The van der Waals surface area contributed by atoms with E-state index in [1.54, 1.807) is 0 Å². The van der Waals surface area contributed by atoms with Gasteiger partial charge in [-0.05, 0) is 6.42 Å². The number of carbonyl (C=O) groups is 1. The molecule has 0 aromatic heterocycles. The Morgan fingerprint density at radius 2 is 2.08 bits per heavy atom. The highest BCUT2D eigenvalue weighted by molar-refractivity contribution is 5.73. The van der Waals surface area contributed by atoms with Crippen LogP contribution in [0, 0.1) is 0 Å². The second-order valence-electron chi connectivity index (χ2n) is 2.72. The summed E-state index contributed by atoms with van der Waals surface area (Å²) in [5.74, 6) is -0.380. The molecule has 1 atom stereocenters. The Morgan fingerprint density at radius 1 is 1.46 bits per heavy atom. The lowest BCUT2D eigenvalue weighted by molar-refractivity contribution is -0.118. The normalized spacial score (nSPS) is 13.2. The highest BCUT2D eigenvalue weighted by Crippen LogP contribution is 1.91. The van der Waals surface area contributed by atoms with Gasteiger partial charge in [-0.1, -0.05) is 0 Å². The first-order chi connectivity index (χ1) is 6.04. The molecule has 0 aromatic carbocycles. The number of aliphatic hydroxyl groups excluding tert-OH is 1. The minimum Gasteiger partial charge on any atom is -0.380 e. The van der Waals surface area contributed by atoms with Crippen LogP contribution < -0.4 is 11.5 Å². The summed E-state index contributed by atoms with van der Waals surface area (Å²) >= 11 is 0. The van der Waals surface area contributed by atoms with Crippen molar-refractivity contribution in [2.24, 2.45) is 11.5 Å². The summed E-state index contributed by atoms with van der Waals surface area (Å²) in [4.78, 5) is 10.3. The number of hydrogen-bond acceptors (Lipinski definition) is 5. The smallest absolute Gasteiger partial charge is 0.217 e. The first kappa shape index (κ1) is 12.3. The van der Waals surface area contributed by atoms with E-state index in [0.717, 1.165) is 0 Å². The van der Waals surface area contributed by atoms with E-state index in [1.165, 1.54) is 0 Å². The molecule has 0 radical (unpaired) electrons. The maximum absolute atomic E-state index is 10.3. The van der Waals surface area contributed by atoms with E-state index in [2.05, 4.69) is 0 Å². The first-order valence-electron chi connectivity index (χ1n) is 4.02. The number of rotatable bonds is 7. The third kappa shape index (κ3) is 7.66. The maximum Gasteiger partial charge on any atom is 0.217 e. The molecule has 6 heteroatoms. The highest BCUT2D eigenvalue weighted by atomic mass is 16.5. The van der Waals surface area contributed by atoms with E-state index in [1.807, 2.05) is 0 Å². The molecule has 0 aliphatic heterocycles. The largest absolute Gasteiger partial charge is 0.380 e. The van der Waals surface area contributed by atoms with E-state index >= 15 is 0 Å². The fourth-order valence-electron chi connectivity index (χ4n) is 0.654. The Labute approximate surface area is 76.5 Å². The van der Waals surface area contributed by atoms with Crippen LogP contribution in [0.2, 0.25) is 0 Å². The van der Waals surface area contributed by atoms with Crippen molar-refractivity contribution in [1.82, 2.24) is 0 Å². The first-order valence-corrected chi connectivity index (χ1v) is 4.02. The molecule has 0 fully saturated rings. The van der Waals surface area contributed by atoms with Gasteiger partial charge in [-0.3, -0.25) is 4.79 Å². The van der Waals surface area contributed by atoms with E-state index in [4.69, 9.17) is 26.4 Å². The number of nitrogens with two attached hydrogens (primary N) is 2. The Kier molecular flexibility index (Phi) is 6.43. The predicted octanol–water partition coefficient (Wildman–Crippen LogP) is -2.09. The van der Waals surface area contributed by atoms with Crippen LogP contribution >= 0.6 is 0 Å². The molecule has 78 valence electrons. The van der Waals surface area contributed by atoms with Crippen LogP contribution in [-0.2, 0) is 9.53 Å². The average Bonchev–Trinajstić information content (AvgIpc) is 2.02. The molecular formula is C7H16N2O4. The number of hydrogen-bond donors (Lipinski definition) is 4. The summed E-state index contributed by atoms with van der Waals surface area (Å²) in [5.41, 5.74) is 10.1. The quantitative estimate of drug-likeness (QED) is 0.272. The number of aliphatic hydroxyl groups is 2. The Balaban J connectivity index is 3.21. The lowest BCUT2D eigenvalue weighted by atomic mass is 10.3. The van der Waals surface area contributed by atoms with Gasteiger partial charge in [0.15, 0.2) is 6.29 Å². The minimum absolute atomic E-state index is 0.0520. The number of amides is 1. The topological polar surface area (TPSA) is 119 Å². The molecule has 0 aromatic rings. The van der Waals surface area contributed by atoms with Crippen LogP contribution in [0.3, 0.4) is 0 Å². The SMILES string of the molecule is NC(=O)CCCOC[C@H](N)C(O)O. The molecule has 0 saturated carbocycles. The second kappa shape index (κ2) is 6.79. The summed E-state index contributed by atoms with van der Waals surface area (Å²) in [7, 11) is 0. The van der Waals surface area contributed by atoms with Crippen LogP contribution in [0.25, 0.3) is 0 Å². The zero-order valence-corrected chi connectivity index (χ0v) is 7.35. The molecule has 0 spiro atoms. The van der Waals surface area contributed by atoms with Gasteiger partial charge in [-0.2, -0.15) is 0 Å².